The Morgan fingerprint density at radius 3 is 2.28 bits per heavy atom. The van der Waals surface area contributed by atoms with E-state index in [1.807, 2.05) is 84.7 Å². The number of amides is 2. The van der Waals surface area contributed by atoms with Crippen molar-refractivity contribution in [2.75, 3.05) is 31.2 Å². The lowest BCUT2D eigenvalue weighted by atomic mass is 9.98. The highest BCUT2D eigenvalue weighted by atomic mass is 16.7. The fourth-order valence-electron chi connectivity index (χ4n) is 7.00. The van der Waals surface area contributed by atoms with Gasteiger partial charge in [0.2, 0.25) is 11.8 Å². The van der Waals surface area contributed by atoms with Gasteiger partial charge < -0.3 is 46.1 Å². The molecule has 2 amide bonds. The second kappa shape index (κ2) is 20.0. The van der Waals surface area contributed by atoms with E-state index < -0.39 is 12.4 Å². The highest BCUT2D eigenvalue weighted by molar-refractivity contribution is 5.93. The minimum atomic E-state index is -0.786. The van der Waals surface area contributed by atoms with Crippen LogP contribution in [0.15, 0.2) is 121 Å². The van der Waals surface area contributed by atoms with Gasteiger partial charge in [-0.2, -0.15) is 0 Å². The largest absolute Gasteiger partial charge is 0.508 e. The van der Waals surface area contributed by atoms with Crippen LogP contribution in [0.5, 0.6) is 5.75 Å². The molecule has 1 fully saturated rings. The Morgan fingerprint density at radius 2 is 1.53 bits per heavy atom. The van der Waals surface area contributed by atoms with Gasteiger partial charge in [-0.05, 0) is 89.7 Å². The summed E-state index contributed by atoms with van der Waals surface area (Å²) in [7, 11) is 1.94. The van der Waals surface area contributed by atoms with E-state index in [0.717, 1.165) is 33.4 Å². The van der Waals surface area contributed by atoms with Gasteiger partial charge >= 0.3 is 0 Å². The highest BCUT2D eigenvalue weighted by Gasteiger charge is 2.33. The van der Waals surface area contributed by atoms with Gasteiger partial charge in [0.15, 0.2) is 6.29 Å². The molecule has 5 aromatic carbocycles. The number of hydrogen-bond donors (Lipinski definition) is 6. The highest BCUT2D eigenvalue weighted by Crippen LogP contribution is 2.39. The first-order chi connectivity index (χ1) is 27.6. The van der Waals surface area contributed by atoms with E-state index >= 15 is 0 Å². The summed E-state index contributed by atoms with van der Waals surface area (Å²) in [6, 6.07) is 37.6. The number of aliphatic hydroxyl groups is 2. The van der Waals surface area contributed by atoms with Crippen molar-refractivity contribution in [3.05, 3.63) is 149 Å². The quantitative estimate of drug-likeness (QED) is 0.0425. The van der Waals surface area contributed by atoms with Crippen molar-refractivity contribution in [2.45, 2.75) is 69.9 Å². The number of ether oxygens (including phenoxy) is 2. The van der Waals surface area contributed by atoms with Crippen LogP contribution >= 0.6 is 0 Å². The summed E-state index contributed by atoms with van der Waals surface area (Å²) in [6.45, 7) is 1.22. The molecule has 1 aliphatic heterocycles. The number of nitrogens with two attached hydrogens (primary N) is 1. The van der Waals surface area contributed by atoms with Crippen LogP contribution in [-0.4, -0.2) is 58.3 Å². The molecule has 57 heavy (non-hydrogen) atoms. The molecule has 0 saturated carbocycles. The maximum atomic E-state index is 12.7. The molecule has 1 saturated heterocycles. The van der Waals surface area contributed by atoms with Gasteiger partial charge in [-0.25, -0.2) is 0 Å². The Bertz CT molecular complexity index is 2090. The Balaban J connectivity index is 1.06. The van der Waals surface area contributed by atoms with Gasteiger partial charge in [-0.1, -0.05) is 84.9 Å². The summed E-state index contributed by atoms with van der Waals surface area (Å²) < 4.78 is 13.2. The fourth-order valence-corrected chi connectivity index (χ4v) is 7.00. The molecule has 5 aromatic rings. The molecule has 6 rings (SSSR count). The number of carbonyl (C=O) groups is 2. The number of carbonyl (C=O) groups excluding carboxylic acids is 2. The van der Waals surface area contributed by atoms with Crippen molar-refractivity contribution in [2.24, 2.45) is 0 Å². The minimum Gasteiger partial charge on any atom is -0.508 e. The molecular formula is C46H52N4O7. The molecule has 0 aromatic heterocycles. The molecule has 0 spiro atoms. The lowest BCUT2D eigenvalue weighted by Gasteiger charge is -2.38. The van der Waals surface area contributed by atoms with E-state index in [2.05, 4.69) is 22.8 Å². The predicted molar refractivity (Wildman–Crippen MR) is 221 cm³/mol. The summed E-state index contributed by atoms with van der Waals surface area (Å²) >= 11 is 0. The van der Waals surface area contributed by atoms with Crippen molar-refractivity contribution in [1.82, 2.24) is 10.2 Å². The van der Waals surface area contributed by atoms with Crippen LogP contribution < -0.4 is 16.4 Å². The minimum absolute atomic E-state index is 0.0408. The van der Waals surface area contributed by atoms with E-state index in [1.54, 1.807) is 36.4 Å². The molecular weight excluding hydrogens is 721 g/mol. The Labute approximate surface area is 334 Å². The van der Waals surface area contributed by atoms with Crippen molar-refractivity contribution >= 4 is 23.2 Å². The number of benzene rings is 5. The number of likely N-dealkylation sites (N-methyl/N-ethyl adjacent to an activating group) is 1. The first kappa shape index (κ1) is 41.1. The number of rotatable bonds is 17. The Hall–Kier alpha value is -5.56. The molecule has 0 unspecified atom stereocenters. The molecule has 1 aliphatic rings. The number of phenolic OH excluding ortho intramolecular Hbond substituents is 1. The van der Waals surface area contributed by atoms with Gasteiger partial charge in [0.25, 0.3) is 0 Å². The summed E-state index contributed by atoms with van der Waals surface area (Å²) in [6.07, 6.45) is 0.452. The lowest BCUT2D eigenvalue weighted by molar-refractivity contribution is -0.252. The van der Waals surface area contributed by atoms with E-state index in [4.69, 9.17) is 15.2 Å². The average molecular weight is 773 g/mol. The maximum Gasteiger partial charge on any atom is 0.224 e. The van der Waals surface area contributed by atoms with Crippen molar-refractivity contribution in [3.63, 3.8) is 0 Å². The molecule has 7 N–H and O–H groups in total. The smallest absolute Gasteiger partial charge is 0.224 e. The number of anilines is 2. The molecule has 0 bridgehead atoms. The molecule has 0 radical (unpaired) electrons. The van der Waals surface area contributed by atoms with Crippen LogP contribution in [0.25, 0.3) is 11.1 Å². The molecule has 0 aliphatic carbocycles. The SMILES string of the molecule is CN(C[C@H]1C[C@@H](c2ccc(CO)cc2)O[C@@H](c2cccc(-c3cccc(CNC(=O)CCCCC(=O)Nc4ccccc4N)c3)c2)O1)C[C@@H](O)c1cccc(O)c1. The van der Waals surface area contributed by atoms with Crippen molar-refractivity contribution in [3.8, 4) is 16.9 Å². The van der Waals surface area contributed by atoms with Crippen LogP contribution in [0.3, 0.4) is 0 Å². The zero-order chi connectivity index (χ0) is 40.1. The van der Waals surface area contributed by atoms with Gasteiger partial charge in [0.05, 0.1) is 36.3 Å². The van der Waals surface area contributed by atoms with Crippen molar-refractivity contribution < 1.29 is 34.4 Å². The maximum absolute atomic E-state index is 12.7. The number of aromatic hydroxyl groups is 1. The number of para-hydroxylation sites is 2. The summed E-state index contributed by atoms with van der Waals surface area (Å²) in [5.74, 6) is -0.0929. The number of phenols is 1. The van der Waals surface area contributed by atoms with Crippen molar-refractivity contribution in [1.29, 1.82) is 0 Å². The number of unbranched alkanes of at least 4 members (excludes halogenated alkanes) is 1. The third-order valence-corrected chi connectivity index (χ3v) is 10.1. The van der Waals surface area contributed by atoms with Crippen LogP contribution in [0.4, 0.5) is 11.4 Å². The number of hydrogen-bond acceptors (Lipinski definition) is 9. The second-order valence-corrected chi connectivity index (χ2v) is 14.6. The van der Waals surface area contributed by atoms with E-state index in [1.165, 1.54) is 0 Å². The van der Waals surface area contributed by atoms with Crippen LogP contribution in [-0.2, 0) is 32.2 Å². The number of nitrogens with zero attached hydrogens (tertiary/aromatic N) is 1. The normalized spacial score (nSPS) is 17.2. The third-order valence-electron chi connectivity index (χ3n) is 10.1. The zero-order valence-corrected chi connectivity index (χ0v) is 32.2. The molecule has 4 atom stereocenters. The van der Waals surface area contributed by atoms with Crippen LogP contribution in [0.1, 0.15) is 78.4 Å². The number of nitrogens with one attached hydrogen (secondary N) is 2. The Kier molecular flexibility index (Phi) is 14.4. The summed E-state index contributed by atoms with van der Waals surface area (Å²) in [5.41, 5.74) is 13.2. The van der Waals surface area contributed by atoms with Gasteiger partial charge in [0, 0.05) is 44.5 Å². The molecule has 1 heterocycles. The van der Waals surface area contributed by atoms with Gasteiger partial charge in [0.1, 0.15) is 5.75 Å². The molecule has 11 heteroatoms. The second-order valence-electron chi connectivity index (χ2n) is 14.6. The molecule has 298 valence electrons. The zero-order valence-electron chi connectivity index (χ0n) is 32.2. The number of aliphatic hydroxyl groups excluding tert-OH is 2. The molecule has 11 nitrogen and oxygen atoms in total. The first-order valence-corrected chi connectivity index (χ1v) is 19.4. The monoisotopic (exact) mass is 772 g/mol. The topological polar surface area (TPSA) is 167 Å². The standard InChI is InChI=1S/C46H52N4O7/c1-50(29-42(53)36-12-8-14-38(52)25-36)28-39-26-43(33-21-19-31(30-51)20-22-33)57-46(56-39)37-13-7-11-35(24-37)34-10-6-9-32(23-34)27-48-44(54)17-4-5-18-45(55)49-41-16-3-2-15-40(41)47/h2-3,6-16,19-25,39,42-43,46,51-53H,4-5,17-18,26-30,47H2,1H3,(H,48,54)(H,49,55)/t39-,42-,43+,46+/m1/s1. The lowest BCUT2D eigenvalue weighted by Crippen LogP contribution is -2.39. The summed E-state index contributed by atoms with van der Waals surface area (Å²) in [4.78, 5) is 27.0. The van der Waals surface area contributed by atoms with E-state index in [0.29, 0.717) is 68.7 Å². The van der Waals surface area contributed by atoms with Gasteiger partial charge in [-0.15, -0.1) is 0 Å². The summed E-state index contributed by atoms with van der Waals surface area (Å²) in [5, 5.41) is 36.2. The predicted octanol–water partition coefficient (Wildman–Crippen LogP) is 7.16. The van der Waals surface area contributed by atoms with E-state index in [-0.39, 0.29) is 36.4 Å². The van der Waals surface area contributed by atoms with Gasteiger partial charge in [-0.3, -0.25) is 9.59 Å². The number of nitrogen functional groups attached to an aromatic ring is 1. The average Bonchev–Trinajstić information content (AvgIpc) is 3.22. The Morgan fingerprint density at radius 1 is 0.807 bits per heavy atom. The van der Waals surface area contributed by atoms with Crippen LogP contribution in [0.2, 0.25) is 0 Å². The fraction of sp³-hybridized carbons (Fsp3) is 0.304. The van der Waals surface area contributed by atoms with E-state index in [9.17, 15) is 24.9 Å². The third kappa shape index (κ3) is 12.0. The first-order valence-electron chi connectivity index (χ1n) is 19.4. The van der Waals surface area contributed by atoms with Crippen LogP contribution in [0, 0.1) is 0 Å².